The molecule has 4 aromatic rings. The molecule has 2 aromatic heterocycles. The fraction of sp³-hybridized carbons (Fsp3) is 0.200. The number of amides is 1. The van der Waals surface area contributed by atoms with Crippen molar-refractivity contribution in [1.82, 2.24) is 9.55 Å². The maximum absolute atomic E-state index is 13.5. The highest BCUT2D eigenvalue weighted by molar-refractivity contribution is 6.02. The molecule has 32 heavy (non-hydrogen) atoms. The van der Waals surface area contributed by atoms with Gasteiger partial charge in [0.05, 0.1) is 12.0 Å². The molecule has 2 heterocycles. The number of aromatic nitrogens is 2. The van der Waals surface area contributed by atoms with Crippen molar-refractivity contribution in [1.29, 1.82) is 0 Å². The molecule has 0 radical (unpaired) electrons. The Balaban J connectivity index is 1.51. The van der Waals surface area contributed by atoms with E-state index in [4.69, 9.17) is 4.42 Å². The molecule has 1 amide bonds. The summed E-state index contributed by atoms with van der Waals surface area (Å²) in [7, 11) is 0. The number of hydrogen-bond donors (Lipinski definition) is 1. The summed E-state index contributed by atoms with van der Waals surface area (Å²) in [6, 6.07) is 15.4. The van der Waals surface area contributed by atoms with Gasteiger partial charge in [-0.05, 0) is 67.4 Å². The van der Waals surface area contributed by atoms with Crippen molar-refractivity contribution >= 4 is 11.6 Å². The first-order valence-electron chi connectivity index (χ1n) is 10.6. The summed E-state index contributed by atoms with van der Waals surface area (Å²) in [6.07, 6.45) is 6.17. The van der Waals surface area contributed by atoms with Gasteiger partial charge in [-0.3, -0.25) is 4.79 Å². The second-order valence-corrected chi connectivity index (χ2v) is 7.92. The molecule has 0 atom stereocenters. The largest absolute Gasteiger partial charge is 0.449 e. The summed E-state index contributed by atoms with van der Waals surface area (Å²) in [5, 5.41) is 2.64. The van der Waals surface area contributed by atoms with Crippen LogP contribution in [-0.4, -0.2) is 15.5 Å². The van der Waals surface area contributed by atoms with Crippen LogP contribution in [-0.2, 0) is 0 Å². The van der Waals surface area contributed by atoms with E-state index in [1.807, 2.05) is 0 Å². The van der Waals surface area contributed by atoms with Gasteiger partial charge in [-0.15, -0.1) is 0 Å². The number of halogens is 2. The number of furan rings is 1. The molecular formula is C25H21F2N3O2. The Hall–Kier alpha value is -3.74. The van der Waals surface area contributed by atoms with Gasteiger partial charge in [-0.25, -0.2) is 13.8 Å². The first-order chi connectivity index (χ1) is 15.6. The van der Waals surface area contributed by atoms with Gasteiger partial charge in [0.1, 0.15) is 17.3 Å². The summed E-state index contributed by atoms with van der Waals surface area (Å²) in [5.74, 6) is -0.629. The van der Waals surface area contributed by atoms with Crippen molar-refractivity contribution in [3.63, 3.8) is 0 Å². The number of imidazole rings is 1. The van der Waals surface area contributed by atoms with Crippen LogP contribution in [0.3, 0.4) is 0 Å². The van der Waals surface area contributed by atoms with Crippen LogP contribution in [0.25, 0.3) is 22.7 Å². The number of nitrogens with zero attached hydrogens (tertiary/aromatic N) is 2. The van der Waals surface area contributed by atoms with E-state index >= 15 is 0 Å². The molecule has 1 N–H and O–H groups in total. The molecule has 7 heteroatoms. The third-order valence-electron chi connectivity index (χ3n) is 5.78. The fourth-order valence-corrected chi connectivity index (χ4v) is 4.23. The van der Waals surface area contributed by atoms with Crippen LogP contribution < -0.4 is 5.32 Å². The molecule has 2 aromatic carbocycles. The number of anilines is 1. The predicted molar refractivity (Wildman–Crippen MR) is 117 cm³/mol. The van der Waals surface area contributed by atoms with E-state index in [0.717, 1.165) is 36.9 Å². The highest BCUT2D eigenvalue weighted by Gasteiger charge is 2.26. The lowest BCUT2D eigenvalue weighted by Crippen LogP contribution is -2.11. The summed E-state index contributed by atoms with van der Waals surface area (Å²) >= 11 is 0. The number of nitrogens with one attached hydrogen (secondary N) is 1. The van der Waals surface area contributed by atoms with E-state index in [9.17, 15) is 13.6 Å². The van der Waals surface area contributed by atoms with Gasteiger partial charge < -0.3 is 14.3 Å². The molecule has 0 spiro atoms. The minimum atomic E-state index is -0.475. The van der Waals surface area contributed by atoms with Crippen LogP contribution in [0, 0.1) is 11.6 Å². The quantitative estimate of drug-likeness (QED) is 0.393. The van der Waals surface area contributed by atoms with E-state index in [2.05, 4.69) is 14.9 Å². The zero-order valence-corrected chi connectivity index (χ0v) is 17.2. The van der Waals surface area contributed by atoms with E-state index in [-0.39, 0.29) is 11.6 Å². The van der Waals surface area contributed by atoms with Gasteiger partial charge in [0, 0.05) is 17.3 Å². The molecule has 0 saturated heterocycles. The second kappa shape index (κ2) is 8.42. The van der Waals surface area contributed by atoms with Crippen LogP contribution >= 0.6 is 0 Å². The number of carbonyl (C=O) groups excluding carboxylic acids is 1. The minimum absolute atomic E-state index is 0.105. The number of carbonyl (C=O) groups is 1. The topological polar surface area (TPSA) is 60.1 Å². The lowest BCUT2D eigenvalue weighted by atomic mass is 10.1. The van der Waals surface area contributed by atoms with E-state index in [1.54, 1.807) is 36.7 Å². The normalized spacial score (nSPS) is 14.1. The van der Waals surface area contributed by atoms with Gasteiger partial charge >= 0.3 is 0 Å². The van der Waals surface area contributed by atoms with Crippen LogP contribution in [0.5, 0.6) is 0 Å². The Morgan fingerprint density at radius 1 is 1.00 bits per heavy atom. The maximum Gasteiger partial charge on any atom is 0.291 e. The van der Waals surface area contributed by atoms with Gasteiger partial charge in [-0.1, -0.05) is 18.9 Å². The van der Waals surface area contributed by atoms with Crippen molar-refractivity contribution in [3.8, 4) is 22.7 Å². The van der Waals surface area contributed by atoms with E-state index in [1.165, 1.54) is 30.3 Å². The van der Waals surface area contributed by atoms with Crippen LogP contribution in [0.2, 0.25) is 0 Å². The Morgan fingerprint density at radius 3 is 2.53 bits per heavy atom. The zero-order valence-electron chi connectivity index (χ0n) is 17.2. The molecule has 0 aliphatic heterocycles. The third kappa shape index (κ3) is 3.93. The molecule has 5 nitrogen and oxygen atoms in total. The van der Waals surface area contributed by atoms with E-state index in [0.29, 0.717) is 23.2 Å². The molecule has 1 aliphatic rings. The average molecular weight is 433 g/mol. The molecular weight excluding hydrogens is 412 g/mol. The van der Waals surface area contributed by atoms with Gasteiger partial charge in [0.25, 0.3) is 5.91 Å². The highest BCUT2D eigenvalue weighted by atomic mass is 19.1. The van der Waals surface area contributed by atoms with Crippen LogP contribution in [0.4, 0.5) is 14.5 Å². The van der Waals surface area contributed by atoms with Crippen molar-refractivity contribution < 1.29 is 18.0 Å². The summed E-state index contributed by atoms with van der Waals surface area (Å²) < 4.78 is 34.9. The molecule has 5 rings (SSSR count). The lowest BCUT2D eigenvalue weighted by Gasteiger charge is -2.15. The van der Waals surface area contributed by atoms with Gasteiger partial charge in [0.2, 0.25) is 0 Å². The smallest absolute Gasteiger partial charge is 0.291 e. The summed E-state index contributed by atoms with van der Waals surface area (Å²) in [5.41, 5.74) is 2.54. The Morgan fingerprint density at radius 2 is 1.78 bits per heavy atom. The third-order valence-corrected chi connectivity index (χ3v) is 5.78. The van der Waals surface area contributed by atoms with Gasteiger partial charge in [-0.2, -0.15) is 0 Å². The van der Waals surface area contributed by atoms with Crippen molar-refractivity contribution in [2.45, 2.75) is 31.7 Å². The number of benzene rings is 2. The van der Waals surface area contributed by atoms with Crippen molar-refractivity contribution in [3.05, 3.63) is 84.4 Å². The van der Waals surface area contributed by atoms with E-state index < -0.39 is 11.7 Å². The molecule has 0 bridgehead atoms. The van der Waals surface area contributed by atoms with Crippen LogP contribution in [0.1, 0.15) is 42.3 Å². The lowest BCUT2D eigenvalue weighted by molar-refractivity contribution is 0.0997. The van der Waals surface area contributed by atoms with Gasteiger partial charge in [0.15, 0.2) is 11.5 Å². The number of hydrogen-bond acceptors (Lipinski definition) is 3. The maximum atomic E-state index is 13.5. The van der Waals surface area contributed by atoms with Crippen molar-refractivity contribution in [2.24, 2.45) is 0 Å². The highest BCUT2D eigenvalue weighted by Crippen LogP contribution is 2.39. The van der Waals surface area contributed by atoms with Crippen LogP contribution in [0.15, 0.2) is 71.4 Å². The first-order valence-corrected chi connectivity index (χ1v) is 10.6. The SMILES string of the molecule is O=C(Nc1cccc(F)c1)c1ccc(-c2c(-c3ccc(F)cc3)ncn2C2CCCC2)o1. The van der Waals surface area contributed by atoms with Crippen molar-refractivity contribution in [2.75, 3.05) is 5.32 Å². The molecule has 1 saturated carbocycles. The monoisotopic (exact) mass is 433 g/mol. The summed E-state index contributed by atoms with van der Waals surface area (Å²) in [4.78, 5) is 17.3. The number of rotatable bonds is 5. The Kier molecular flexibility index (Phi) is 5.31. The molecule has 1 fully saturated rings. The Bertz CT molecular complexity index is 1250. The second-order valence-electron chi connectivity index (χ2n) is 7.92. The predicted octanol–water partition coefficient (Wildman–Crippen LogP) is 6.46. The Labute approximate surface area is 183 Å². The molecule has 0 unspecified atom stereocenters. The summed E-state index contributed by atoms with van der Waals surface area (Å²) in [6.45, 7) is 0. The standard InChI is InChI=1S/C25H21F2N3O2/c26-17-10-8-16(9-11-17)23-24(30(15-28-23)20-6-1-2-7-20)21-12-13-22(32-21)25(31)29-19-5-3-4-18(27)14-19/h3-5,8-15,20H,1-2,6-7H2,(H,29,31). The molecule has 1 aliphatic carbocycles. The first kappa shape index (κ1) is 20.2. The average Bonchev–Trinajstić information content (AvgIpc) is 3.53. The molecule has 162 valence electrons. The zero-order chi connectivity index (χ0) is 22.1. The minimum Gasteiger partial charge on any atom is -0.449 e. The fourth-order valence-electron chi connectivity index (χ4n) is 4.23.